The first-order valence-electron chi connectivity index (χ1n) is 6.58. The van der Waals surface area contributed by atoms with Crippen LogP contribution in [0.4, 0.5) is 0 Å². The van der Waals surface area contributed by atoms with Gasteiger partial charge in [0.1, 0.15) is 5.75 Å². The van der Waals surface area contributed by atoms with Crippen LogP contribution in [-0.4, -0.2) is 20.7 Å². The first-order chi connectivity index (χ1) is 9.52. The maximum absolute atomic E-state index is 12.0. The highest BCUT2D eigenvalue weighted by Gasteiger charge is 2.08. The number of hydrogen-bond acceptors (Lipinski definition) is 3. The van der Waals surface area contributed by atoms with Gasteiger partial charge < -0.3 is 5.11 Å². The Hall–Kier alpha value is -2.36. The van der Waals surface area contributed by atoms with Gasteiger partial charge in [0.05, 0.1) is 5.69 Å². The Morgan fingerprint density at radius 3 is 2.75 bits per heavy atom. The van der Waals surface area contributed by atoms with Crippen molar-refractivity contribution in [1.82, 2.24) is 9.78 Å². The van der Waals surface area contributed by atoms with Crippen LogP contribution in [0.15, 0.2) is 30.3 Å². The minimum atomic E-state index is -0.135. The molecule has 0 aliphatic carbocycles. The van der Waals surface area contributed by atoms with Crippen molar-refractivity contribution in [2.45, 2.75) is 27.3 Å². The molecule has 4 heteroatoms. The molecule has 0 spiro atoms. The third-order valence-corrected chi connectivity index (χ3v) is 3.27. The molecule has 0 saturated carbocycles. The molecule has 2 rings (SSSR count). The molecular formula is C16H18N2O2. The maximum Gasteiger partial charge on any atom is 0.185 e. The van der Waals surface area contributed by atoms with E-state index in [1.54, 1.807) is 24.3 Å². The molecule has 2 aromatic rings. The molecule has 1 aromatic carbocycles. The van der Waals surface area contributed by atoms with E-state index in [9.17, 15) is 9.90 Å². The van der Waals surface area contributed by atoms with Gasteiger partial charge in [-0.05, 0) is 45.1 Å². The van der Waals surface area contributed by atoms with Gasteiger partial charge in [-0.15, -0.1) is 0 Å². The lowest BCUT2D eigenvalue weighted by molar-refractivity contribution is 0.104. The van der Waals surface area contributed by atoms with Crippen molar-refractivity contribution in [3.05, 3.63) is 52.9 Å². The fourth-order valence-electron chi connectivity index (χ4n) is 2.17. The van der Waals surface area contributed by atoms with E-state index in [1.165, 1.54) is 12.1 Å². The Balaban J connectivity index is 2.26. The zero-order valence-electron chi connectivity index (χ0n) is 11.9. The number of nitrogens with zero attached hydrogens (tertiary/aromatic N) is 2. The number of aromatic hydroxyl groups is 1. The van der Waals surface area contributed by atoms with E-state index in [1.807, 2.05) is 25.5 Å². The summed E-state index contributed by atoms with van der Waals surface area (Å²) in [5, 5.41) is 13.8. The summed E-state index contributed by atoms with van der Waals surface area (Å²) >= 11 is 0. The van der Waals surface area contributed by atoms with Crippen molar-refractivity contribution in [2.24, 2.45) is 0 Å². The zero-order valence-corrected chi connectivity index (χ0v) is 11.9. The molecule has 1 aromatic heterocycles. The number of rotatable bonds is 4. The number of phenols is 1. The summed E-state index contributed by atoms with van der Waals surface area (Å²) in [4.78, 5) is 12.0. The van der Waals surface area contributed by atoms with E-state index < -0.39 is 0 Å². The van der Waals surface area contributed by atoms with Crippen molar-refractivity contribution >= 4 is 11.9 Å². The summed E-state index contributed by atoms with van der Waals surface area (Å²) in [6, 6.07) is 6.34. The van der Waals surface area contributed by atoms with Crippen LogP contribution in [0.25, 0.3) is 6.08 Å². The van der Waals surface area contributed by atoms with E-state index in [2.05, 4.69) is 5.10 Å². The number of aromatic nitrogens is 2. The van der Waals surface area contributed by atoms with Crippen LogP contribution >= 0.6 is 0 Å². The topological polar surface area (TPSA) is 55.1 Å². The van der Waals surface area contributed by atoms with Gasteiger partial charge >= 0.3 is 0 Å². The molecule has 0 saturated heterocycles. The smallest absolute Gasteiger partial charge is 0.185 e. The quantitative estimate of drug-likeness (QED) is 0.686. The summed E-state index contributed by atoms with van der Waals surface area (Å²) in [7, 11) is 0. The van der Waals surface area contributed by atoms with E-state index in [0.717, 1.165) is 23.5 Å². The second kappa shape index (κ2) is 5.74. The van der Waals surface area contributed by atoms with Crippen molar-refractivity contribution in [2.75, 3.05) is 0 Å². The summed E-state index contributed by atoms with van der Waals surface area (Å²) in [6.45, 7) is 6.76. The van der Waals surface area contributed by atoms with Gasteiger partial charge in [-0.3, -0.25) is 9.48 Å². The normalized spacial score (nSPS) is 11.2. The Kier molecular flexibility index (Phi) is 4.03. The summed E-state index contributed by atoms with van der Waals surface area (Å²) in [6.07, 6.45) is 3.31. The maximum atomic E-state index is 12.0. The Morgan fingerprint density at radius 2 is 2.15 bits per heavy atom. The van der Waals surface area contributed by atoms with Gasteiger partial charge in [0.25, 0.3) is 0 Å². The molecule has 0 aliphatic rings. The molecule has 1 heterocycles. The lowest BCUT2D eigenvalue weighted by Crippen LogP contribution is -1.98. The number of allylic oxidation sites excluding steroid dienone is 1. The molecule has 0 aliphatic heterocycles. The molecule has 0 bridgehead atoms. The Bertz CT molecular complexity index is 669. The molecule has 1 N–H and O–H groups in total. The van der Waals surface area contributed by atoms with Crippen LogP contribution in [0.2, 0.25) is 0 Å². The first kappa shape index (κ1) is 14.1. The fraction of sp³-hybridized carbons (Fsp3) is 0.250. The van der Waals surface area contributed by atoms with Crippen LogP contribution < -0.4 is 0 Å². The molecule has 0 amide bonds. The Labute approximate surface area is 118 Å². The van der Waals surface area contributed by atoms with Crippen molar-refractivity contribution in [1.29, 1.82) is 0 Å². The lowest BCUT2D eigenvalue weighted by atomic mass is 10.1. The molecule has 4 nitrogen and oxygen atoms in total. The Morgan fingerprint density at radius 1 is 1.40 bits per heavy atom. The zero-order chi connectivity index (χ0) is 14.7. The highest BCUT2D eigenvalue weighted by Crippen LogP contribution is 2.16. The molecule has 0 radical (unpaired) electrons. The molecule has 0 unspecified atom stereocenters. The molecule has 20 heavy (non-hydrogen) atoms. The summed E-state index contributed by atoms with van der Waals surface area (Å²) < 4.78 is 1.91. The monoisotopic (exact) mass is 270 g/mol. The second-order valence-corrected chi connectivity index (χ2v) is 4.65. The minimum Gasteiger partial charge on any atom is -0.508 e. The average Bonchev–Trinajstić information content (AvgIpc) is 2.71. The van der Waals surface area contributed by atoms with E-state index in [-0.39, 0.29) is 11.5 Å². The van der Waals surface area contributed by atoms with Gasteiger partial charge in [-0.25, -0.2) is 0 Å². The lowest BCUT2D eigenvalue weighted by Gasteiger charge is -1.99. The standard InChI is InChI=1S/C16H18N2O2/c1-4-18-12(3)15(11(2)17-18)8-9-16(20)13-6-5-7-14(19)10-13/h5-10,19H,4H2,1-3H3. The third-order valence-electron chi connectivity index (χ3n) is 3.27. The number of hydrogen-bond donors (Lipinski definition) is 1. The number of aryl methyl sites for hydroxylation is 2. The summed E-state index contributed by atoms with van der Waals surface area (Å²) in [5.41, 5.74) is 3.40. The van der Waals surface area contributed by atoms with Crippen molar-refractivity contribution in [3.63, 3.8) is 0 Å². The first-order valence-corrected chi connectivity index (χ1v) is 6.58. The number of carbonyl (C=O) groups excluding carboxylic acids is 1. The molecule has 0 atom stereocenters. The van der Waals surface area contributed by atoms with Gasteiger partial charge in [0.15, 0.2) is 5.78 Å². The van der Waals surface area contributed by atoms with Crippen molar-refractivity contribution in [3.8, 4) is 5.75 Å². The number of carbonyl (C=O) groups is 1. The largest absolute Gasteiger partial charge is 0.508 e. The van der Waals surface area contributed by atoms with Crippen LogP contribution in [0.1, 0.15) is 34.2 Å². The van der Waals surface area contributed by atoms with E-state index in [0.29, 0.717) is 5.56 Å². The highest BCUT2D eigenvalue weighted by molar-refractivity contribution is 6.07. The summed E-state index contributed by atoms with van der Waals surface area (Å²) in [5.74, 6) is -0.0423. The highest BCUT2D eigenvalue weighted by atomic mass is 16.3. The molecular weight excluding hydrogens is 252 g/mol. The average molecular weight is 270 g/mol. The minimum absolute atomic E-state index is 0.0930. The van der Waals surface area contributed by atoms with E-state index >= 15 is 0 Å². The van der Waals surface area contributed by atoms with Crippen LogP contribution in [0, 0.1) is 13.8 Å². The van der Waals surface area contributed by atoms with Gasteiger partial charge in [0, 0.05) is 23.4 Å². The molecule has 0 fully saturated rings. The van der Waals surface area contributed by atoms with Crippen LogP contribution in [0.3, 0.4) is 0 Å². The SMILES string of the molecule is CCn1nc(C)c(C=CC(=O)c2cccc(O)c2)c1C. The number of benzene rings is 1. The van der Waals surface area contributed by atoms with Crippen LogP contribution in [-0.2, 0) is 6.54 Å². The number of phenolic OH excluding ortho intramolecular Hbond substituents is 1. The van der Waals surface area contributed by atoms with Gasteiger partial charge in [-0.1, -0.05) is 12.1 Å². The van der Waals surface area contributed by atoms with Gasteiger partial charge in [0.2, 0.25) is 0 Å². The predicted molar refractivity (Wildman–Crippen MR) is 78.8 cm³/mol. The molecule has 104 valence electrons. The number of ketones is 1. The van der Waals surface area contributed by atoms with Gasteiger partial charge in [-0.2, -0.15) is 5.10 Å². The fourth-order valence-corrected chi connectivity index (χ4v) is 2.17. The van der Waals surface area contributed by atoms with E-state index in [4.69, 9.17) is 0 Å². The second-order valence-electron chi connectivity index (χ2n) is 4.65. The predicted octanol–water partition coefficient (Wildman–Crippen LogP) is 3.12. The third kappa shape index (κ3) is 2.79. The van der Waals surface area contributed by atoms with Crippen LogP contribution in [0.5, 0.6) is 5.75 Å². The van der Waals surface area contributed by atoms with Crippen molar-refractivity contribution < 1.29 is 9.90 Å².